The molecule has 0 aliphatic carbocycles. The molecule has 6 rings (SSSR count). The number of rotatable bonds is 7. The molecule has 11 nitrogen and oxygen atoms in total. The molecule has 0 radical (unpaired) electrons. The number of carbonyl (C=O) groups excluding carboxylic acids is 3. The second-order valence-electron chi connectivity index (χ2n) is 11.5. The molecule has 2 N–H and O–H groups in total. The lowest BCUT2D eigenvalue weighted by atomic mass is 9.88. The SMILES string of the molecule is CN1CC(Nc2cnn(C)c(=O)c2Br)C[C@H](c2ccc(COc3ccc4c(c3)CN(C3CCC(=O)NC3=O)C4=O)cc2)C1. The number of halogens is 1. The molecule has 4 heterocycles. The third-order valence-corrected chi connectivity index (χ3v) is 9.19. The van der Waals surface area contributed by atoms with E-state index >= 15 is 0 Å². The molecular formula is C31H33BrN6O5. The van der Waals surface area contributed by atoms with Gasteiger partial charge in [-0.2, -0.15) is 5.10 Å². The number of hydrogen-bond acceptors (Lipinski definition) is 8. The van der Waals surface area contributed by atoms with Crippen molar-refractivity contribution in [2.75, 3.05) is 25.5 Å². The number of carbonyl (C=O) groups is 3. The van der Waals surface area contributed by atoms with Gasteiger partial charge in [-0.3, -0.25) is 24.5 Å². The molecule has 0 bridgehead atoms. The number of hydrogen-bond donors (Lipinski definition) is 2. The van der Waals surface area contributed by atoms with E-state index in [1.54, 1.807) is 25.4 Å². The largest absolute Gasteiger partial charge is 0.489 e. The first kappa shape index (κ1) is 29.1. The van der Waals surface area contributed by atoms with Crippen LogP contribution in [0.25, 0.3) is 0 Å². The van der Waals surface area contributed by atoms with Gasteiger partial charge >= 0.3 is 0 Å². The number of fused-ring (bicyclic) bond motifs is 1. The molecular weight excluding hydrogens is 616 g/mol. The van der Waals surface area contributed by atoms with Gasteiger partial charge in [-0.1, -0.05) is 24.3 Å². The van der Waals surface area contributed by atoms with Gasteiger partial charge in [0.1, 0.15) is 22.9 Å². The Bertz CT molecular complexity index is 1640. The van der Waals surface area contributed by atoms with Gasteiger partial charge in [-0.05, 0) is 76.6 Å². The van der Waals surface area contributed by atoms with E-state index < -0.39 is 11.9 Å². The highest BCUT2D eigenvalue weighted by Gasteiger charge is 2.39. The third kappa shape index (κ3) is 6.07. The smallest absolute Gasteiger partial charge is 0.282 e. The molecule has 3 amide bonds. The molecule has 3 aromatic rings. The summed E-state index contributed by atoms with van der Waals surface area (Å²) in [6.07, 6.45) is 3.16. The van der Waals surface area contributed by atoms with Crippen LogP contribution in [0.15, 0.2) is 57.9 Å². The predicted molar refractivity (Wildman–Crippen MR) is 163 cm³/mol. The summed E-state index contributed by atoms with van der Waals surface area (Å²) in [7, 11) is 3.73. The van der Waals surface area contributed by atoms with Gasteiger partial charge in [0.25, 0.3) is 11.5 Å². The van der Waals surface area contributed by atoms with Crippen LogP contribution in [0.4, 0.5) is 5.69 Å². The average Bonchev–Trinajstić information content (AvgIpc) is 3.31. The third-order valence-electron chi connectivity index (χ3n) is 8.42. The average molecular weight is 650 g/mol. The fraction of sp³-hybridized carbons (Fsp3) is 0.387. The molecule has 12 heteroatoms. The zero-order valence-corrected chi connectivity index (χ0v) is 25.6. The maximum Gasteiger partial charge on any atom is 0.282 e. The Hall–Kier alpha value is -4.03. The summed E-state index contributed by atoms with van der Waals surface area (Å²) < 4.78 is 7.87. The van der Waals surface area contributed by atoms with Gasteiger partial charge in [0.05, 0.1) is 11.9 Å². The molecule has 0 spiro atoms. The molecule has 2 fully saturated rings. The summed E-state index contributed by atoms with van der Waals surface area (Å²) in [5.41, 5.74) is 4.17. The lowest BCUT2D eigenvalue weighted by Gasteiger charge is -2.37. The summed E-state index contributed by atoms with van der Waals surface area (Å²) in [6.45, 7) is 2.49. The number of likely N-dealkylation sites (N-methyl/N-ethyl adjacent to an activating group) is 1. The zero-order chi connectivity index (χ0) is 30.2. The van der Waals surface area contributed by atoms with Crippen LogP contribution in [-0.2, 0) is 29.8 Å². The molecule has 3 aliphatic heterocycles. The van der Waals surface area contributed by atoms with Crippen LogP contribution >= 0.6 is 15.9 Å². The van der Waals surface area contributed by atoms with Crippen molar-refractivity contribution >= 4 is 39.3 Å². The Kier molecular flexibility index (Phi) is 8.06. The summed E-state index contributed by atoms with van der Waals surface area (Å²) >= 11 is 3.41. The number of amides is 3. The Morgan fingerprint density at radius 3 is 2.63 bits per heavy atom. The van der Waals surface area contributed by atoms with E-state index in [4.69, 9.17) is 4.74 Å². The lowest BCUT2D eigenvalue weighted by Crippen LogP contribution is -2.52. The van der Waals surface area contributed by atoms with Crippen molar-refractivity contribution in [3.05, 3.63) is 85.7 Å². The second kappa shape index (κ2) is 11.9. The normalized spacial score (nSPS) is 22.3. The standard InChI is InChI=1S/C31H33BrN6O5/c1-36-14-20(11-22(16-36)34-25-13-33-37(2)31(42)28(25)32)19-5-3-18(4-6-19)17-43-23-7-8-24-21(12-23)15-38(30(24)41)26-9-10-27(39)35-29(26)40/h3-8,12-13,20,22,26,34H,9-11,14-17H2,1-2H3,(H,35,39,40)/t20-,22?,26?/m0/s1. The van der Waals surface area contributed by atoms with Crippen LogP contribution in [0, 0.1) is 0 Å². The number of ether oxygens (including phenoxy) is 1. The van der Waals surface area contributed by atoms with E-state index in [0.717, 1.165) is 30.6 Å². The Morgan fingerprint density at radius 2 is 1.86 bits per heavy atom. The number of benzene rings is 2. The Morgan fingerprint density at radius 1 is 1.07 bits per heavy atom. The van der Waals surface area contributed by atoms with Gasteiger partial charge < -0.3 is 19.9 Å². The maximum absolute atomic E-state index is 12.9. The molecule has 1 aromatic heterocycles. The molecule has 2 unspecified atom stereocenters. The molecule has 3 aliphatic rings. The number of aromatic nitrogens is 2. The van der Waals surface area contributed by atoms with Crippen molar-refractivity contribution in [1.82, 2.24) is 24.9 Å². The molecule has 224 valence electrons. The number of nitrogens with one attached hydrogen (secondary N) is 2. The topological polar surface area (TPSA) is 126 Å². The number of likely N-dealkylation sites (tertiary alicyclic amines) is 1. The van der Waals surface area contributed by atoms with E-state index in [-0.39, 0.29) is 29.8 Å². The van der Waals surface area contributed by atoms with Crippen molar-refractivity contribution in [2.24, 2.45) is 7.05 Å². The van der Waals surface area contributed by atoms with Crippen LogP contribution in [0.2, 0.25) is 0 Å². The van der Waals surface area contributed by atoms with Crippen molar-refractivity contribution < 1.29 is 19.1 Å². The number of aryl methyl sites for hydroxylation is 1. The monoisotopic (exact) mass is 648 g/mol. The van der Waals surface area contributed by atoms with E-state index in [2.05, 4.69) is 67.9 Å². The molecule has 2 saturated heterocycles. The summed E-state index contributed by atoms with van der Waals surface area (Å²) in [6, 6.07) is 13.4. The Labute approximate surface area is 257 Å². The highest BCUT2D eigenvalue weighted by Crippen LogP contribution is 2.32. The first-order chi connectivity index (χ1) is 20.7. The number of imide groups is 1. The van der Waals surface area contributed by atoms with Crippen LogP contribution in [0.5, 0.6) is 5.75 Å². The second-order valence-corrected chi connectivity index (χ2v) is 12.3. The van der Waals surface area contributed by atoms with Crippen LogP contribution in [0.1, 0.15) is 52.2 Å². The number of nitrogens with zero attached hydrogens (tertiary/aromatic N) is 4. The van der Waals surface area contributed by atoms with E-state index in [0.29, 0.717) is 47.0 Å². The first-order valence-electron chi connectivity index (χ1n) is 14.3. The summed E-state index contributed by atoms with van der Waals surface area (Å²) in [5, 5.41) is 9.97. The number of anilines is 1. The van der Waals surface area contributed by atoms with Gasteiger partial charge in [0.2, 0.25) is 11.8 Å². The highest BCUT2D eigenvalue weighted by atomic mass is 79.9. The quantitative estimate of drug-likeness (QED) is 0.375. The molecule has 2 aromatic carbocycles. The summed E-state index contributed by atoms with van der Waals surface area (Å²) in [5.74, 6) is 0.0586. The molecule has 3 atom stereocenters. The minimum Gasteiger partial charge on any atom is -0.489 e. The zero-order valence-electron chi connectivity index (χ0n) is 24.0. The van der Waals surface area contributed by atoms with Gasteiger partial charge in [0.15, 0.2) is 0 Å². The van der Waals surface area contributed by atoms with Gasteiger partial charge in [0, 0.05) is 44.7 Å². The maximum atomic E-state index is 12.9. The van der Waals surface area contributed by atoms with Crippen molar-refractivity contribution in [2.45, 2.75) is 50.4 Å². The van der Waals surface area contributed by atoms with Crippen molar-refractivity contribution in [3.8, 4) is 5.75 Å². The molecule has 0 saturated carbocycles. The van der Waals surface area contributed by atoms with E-state index in [1.807, 2.05) is 6.07 Å². The first-order valence-corrected chi connectivity index (χ1v) is 15.1. The minimum atomic E-state index is -0.637. The summed E-state index contributed by atoms with van der Waals surface area (Å²) in [4.78, 5) is 52.9. The van der Waals surface area contributed by atoms with Gasteiger partial charge in [-0.15, -0.1) is 0 Å². The van der Waals surface area contributed by atoms with E-state index in [9.17, 15) is 19.2 Å². The van der Waals surface area contributed by atoms with Crippen LogP contribution in [0.3, 0.4) is 0 Å². The predicted octanol–water partition coefficient (Wildman–Crippen LogP) is 2.78. The van der Waals surface area contributed by atoms with E-state index in [1.165, 1.54) is 15.1 Å². The van der Waals surface area contributed by atoms with Crippen LogP contribution < -0.4 is 20.9 Å². The van der Waals surface area contributed by atoms with Crippen molar-refractivity contribution in [3.63, 3.8) is 0 Å². The number of piperidine rings is 2. The lowest BCUT2D eigenvalue weighted by molar-refractivity contribution is -0.136. The van der Waals surface area contributed by atoms with Gasteiger partial charge in [-0.25, -0.2) is 4.68 Å². The Balaban J connectivity index is 1.06. The highest BCUT2D eigenvalue weighted by molar-refractivity contribution is 9.10. The fourth-order valence-electron chi connectivity index (χ4n) is 6.19. The minimum absolute atomic E-state index is 0.162. The van der Waals surface area contributed by atoms with Crippen LogP contribution in [-0.4, -0.2) is 69.5 Å². The fourth-order valence-corrected chi connectivity index (χ4v) is 6.66. The van der Waals surface area contributed by atoms with Crippen molar-refractivity contribution in [1.29, 1.82) is 0 Å². The molecule has 43 heavy (non-hydrogen) atoms.